The Morgan fingerprint density at radius 3 is 2.73 bits per heavy atom. The van der Waals surface area contributed by atoms with E-state index < -0.39 is 29.9 Å². The second kappa shape index (κ2) is 12.1. The fourth-order valence-electron chi connectivity index (χ4n) is 4.31. The van der Waals surface area contributed by atoms with Gasteiger partial charge in [0.1, 0.15) is 18.5 Å². The predicted octanol–water partition coefficient (Wildman–Crippen LogP) is 3.89. The first kappa shape index (κ1) is 29.2. The molecule has 2 heterocycles. The summed E-state index contributed by atoms with van der Waals surface area (Å²) in [5.74, 6) is -0.479. The van der Waals surface area contributed by atoms with Crippen LogP contribution in [0.25, 0.3) is 16.6 Å². The van der Waals surface area contributed by atoms with Crippen LogP contribution in [0.4, 0.5) is 8.78 Å². The van der Waals surface area contributed by atoms with Gasteiger partial charge in [0.15, 0.2) is 0 Å². The van der Waals surface area contributed by atoms with Gasteiger partial charge in [0.2, 0.25) is 12.3 Å². The van der Waals surface area contributed by atoms with E-state index in [-0.39, 0.29) is 36.9 Å². The van der Waals surface area contributed by atoms with E-state index in [1.165, 1.54) is 7.11 Å². The zero-order valence-corrected chi connectivity index (χ0v) is 23.0. The zero-order chi connectivity index (χ0) is 29.0. The molecular weight excluding hydrogens is 522 g/mol. The van der Waals surface area contributed by atoms with Crippen LogP contribution in [0.5, 0.6) is 5.75 Å². The maximum absolute atomic E-state index is 13.9. The topological polar surface area (TPSA) is 103 Å². The number of ether oxygens (including phenoxy) is 3. The molecule has 40 heavy (non-hydrogen) atoms. The van der Waals surface area contributed by atoms with Crippen LogP contribution in [0.3, 0.4) is 0 Å². The van der Waals surface area contributed by atoms with Gasteiger partial charge in [-0.15, -0.1) is 0 Å². The molecule has 4 rings (SSSR count). The highest BCUT2D eigenvalue weighted by molar-refractivity contribution is 6.00. The molecule has 1 unspecified atom stereocenters. The third kappa shape index (κ3) is 6.48. The fourth-order valence-corrected chi connectivity index (χ4v) is 4.31. The lowest BCUT2D eigenvalue weighted by Gasteiger charge is -2.25. The van der Waals surface area contributed by atoms with E-state index in [1.54, 1.807) is 29.9 Å². The lowest BCUT2D eigenvalue weighted by molar-refractivity contribution is -0.125. The second-order valence-corrected chi connectivity index (χ2v) is 10.3. The summed E-state index contributed by atoms with van der Waals surface area (Å²) in [6, 6.07) is 6.74. The van der Waals surface area contributed by atoms with Crippen molar-refractivity contribution in [3.05, 3.63) is 66.0 Å². The van der Waals surface area contributed by atoms with Crippen LogP contribution >= 0.6 is 0 Å². The van der Waals surface area contributed by atoms with Gasteiger partial charge in [-0.3, -0.25) is 9.59 Å². The van der Waals surface area contributed by atoms with Crippen LogP contribution in [0.2, 0.25) is 0 Å². The Balaban J connectivity index is 1.67. The summed E-state index contributed by atoms with van der Waals surface area (Å²) < 4.78 is 45.5. The highest BCUT2D eigenvalue weighted by Gasteiger charge is 2.39. The SMILES string of the molecule is C=CC(F)OCc1cc(-c2cnn3cc(C(C)(C)COCC(=O)NC)ccc23)cc(OC)c1C(=O)N[C@@H]1C[C@@H]1F. The molecule has 0 saturated heterocycles. The lowest BCUT2D eigenvalue weighted by atomic mass is 9.86. The number of methoxy groups -OCH3 is 1. The third-order valence-electron chi connectivity index (χ3n) is 6.83. The van der Waals surface area contributed by atoms with E-state index in [9.17, 15) is 18.4 Å². The first-order chi connectivity index (χ1) is 19.1. The first-order valence-electron chi connectivity index (χ1n) is 12.9. The number of aromatic nitrogens is 2. The number of halogens is 2. The van der Waals surface area contributed by atoms with Crippen molar-refractivity contribution in [3.8, 4) is 16.9 Å². The Morgan fingerprint density at radius 1 is 1.32 bits per heavy atom. The normalized spacial score (nSPS) is 17.4. The summed E-state index contributed by atoms with van der Waals surface area (Å²) in [5, 5.41) is 9.70. The number of carbonyl (C=O) groups excluding carboxylic acids is 2. The molecule has 1 aromatic carbocycles. The number of nitrogens with one attached hydrogen (secondary N) is 2. The highest BCUT2D eigenvalue weighted by Crippen LogP contribution is 2.35. The minimum atomic E-state index is -1.73. The van der Waals surface area contributed by atoms with Gasteiger partial charge in [-0.2, -0.15) is 5.10 Å². The van der Waals surface area contributed by atoms with Crippen molar-refractivity contribution in [2.24, 2.45) is 0 Å². The van der Waals surface area contributed by atoms with Crippen molar-refractivity contribution in [1.82, 2.24) is 20.2 Å². The van der Waals surface area contributed by atoms with Gasteiger partial charge >= 0.3 is 0 Å². The Labute approximate surface area is 231 Å². The number of pyridine rings is 1. The molecule has 0 spiro atoms. The molecule has 1 fully saturated rings. The quantitative estimate of drug-likeness (QED) is 0.310. The maximum Gasteiger partial charge on any atom is 0.255 e. The number of alkyl halides is 2. The number of rotatable bonds is 13. The van der Waals surface area contributed by atoms with Gasteiger partial charge in [0, 0.05) is 30.6 Å². The largest absolute Gasteiger partial charge is 0.496 e. The Kier molecular flexibility index (Phi) is 8.85. The van der Waals surface area contributed by atoms with Crippen molar-refractivity contribution < 1.29 is 32.6 Å². The Morgan fingerprint density at radius 2 is 2.08 bits per heavy atom. The van der Waals surface area contributed by atoms with Gasteiger partial charge in [-0.05, 0) is 41.0 Å². The molecule has 1 aliphatic rings. The van der Waals surface area contributed by atoms with E-state index in [2.05, 4.69) is 22.3 Å². The van der Waals surface area contributed by atoms with Gasteiger partial charge < -0.3 is 24.8 Å². The molecule has 11 heteroatoms. The van der Waals surface area contributed by atoms with Gasteiger partial charge in [0.05, 0.1) is 43.6 Å². The minimum Gasteiger partial charge on any atom is -0.496 e. The number of nitrogens with zero attached hydrogens (tertiary/aromatic N) is 2. The van der Waals surface area contributed by atoms with E-state index in [0.29, 0.717) is 17.7 Å². The van der Waals surface area contributed by atoms with Gasteiger partial charge in [0.25, 0.3) is 5.91 Å². The summed E-state index contributed by atoms with van der Waals surface area (Å²) in [5.41, 5.74) is 3.28. The van der Waals surface area contributed by atoms with Crippen molar-refractivity contribution in [3.63, 3.8) is 0 Å². The molecular formula is C29H34F2N4O5. The highest BCUT2D eigenvalue weighted by atomic mass is 19.1. The third-order valence-corrected chi connectivity index (χ3v) is 6.83. The fraction of sp³-hybridized carbons (Fsp3) is 0.414. The average Bonchev–Trinajstić information content (AvgIpc) is 3.46. The van der Waals surface area contributed by atoms with Crippen LogP contribution in [-0.4, -0.2) is 67.4 Å². The summed E-state index contributed by atoms with van der Waals surface area (Å²) in [6.07, 6.45) is 2.03. The lowest BCUT2D eigenvalue weighted by Crippen LogP contribution is -2.29. The molecule has 3 atom stereocenters. The molecule has 3 aromatic rings. The monoisotopic (exact) mass is 556 g/mol. The summed E-state index contributed by atoms with van der Waals surface area (Å²) in [4.78, 5) is 24.6. The molecule has 0 aliphatic heterocycles. The molecule has 1 aliphatic carbocycles. The number of hydrogen-bond donors (Lipinski definition) is 2. The number of hydrogen-bond acceptors (Lipinski definition) is 6. The van der Waals surface area contributed by atoms with Crippen LogP contribution in [-0.2, 0) is 26.3 Å². The smallest absolute Gasteiger partial charge is 0.255 e. The summed E-state index contributed by atoms with van der Waals surface area (Å²) in [7, 11) is 2.98. The van der Waals surface area contributed by atoms with Crippen LogP contribution in [0, 0.1) is 0 Å². The van der Waals surface area contributed by atoms with E-state index in [0.717, 1.165) is 22.7 Å². The predicted molar refractivity (Wildman–Crippen MR) is 146 cm³/mol. The van der Waals surface area contributed by atoms with Gasteiger partial charge in [-0.25, -0.2) is 13.3 Å². The summed E-state index contributed by atoms with van der Waals surface area (Å²) >= 11 is 0. The van der Waals surface area contributed by atoms with E-state index in [4.69, 9.17) is 14.2 Å². The van der Waals surface area contributed by atoms with E-state index >= 15 is 0 Å². The molecule has 214 valence electrons. The average molecular weight is 557 g/mol. The molecule has 2 amide bonds. The van der Waals surface area contributed by atoms with Gasteiger partial charge in [-0.1, -0.05) is 26.5 Å². The zero-order valence-electron chi connectivity index (χ0n) is 23.0. The van der Waals surface area contributed by atoms with Crippen molar-refractivity contribution in [1.29, 1.82) is 0 Å². The number of carbonyl (C=O) groups is 2. The number of fused-ring (bicyclic) bond motifs is 1. The molecule has 2 aromatic heterocycles. The van der Waals surface area contributed by atoms with Crippen molar-refractivity contribution >= 4 is 17.3 Å². The molecule has 0 radical (unpaired) electrons. The first-order valence-corrected chi connectivity index (χ1v) is 12.9. The number of likely N-dealkylation sites (N-methyl/N-ethyl adjacent to an activating group) is 1. The van der Waals surface area contributed by atoms with Crippen LogP contribution in [0.1, 0.15) is 41.8 Å². The van der Waals surface area contributed by atoms with Crippen LogP contribution in [0.15, 0.2) is 49.3 Å². The number of benzene rings is 1. The minimum absolute atomic E-state index is 0.0268. The van der Waals surface area contributed by atoms with Crippen molar-refractivity contribution in [2.45, 2.75) is 50.9 Å². The molecule has 2 N–H and O–H groups in total. The Bertz CT molecular complexity index is 1410. The van der Waals surface area contributed by atoms with Crippen molar-refractivity contribution in [2.75, 3.05) is 27.4 Å². The molecule has 9 nitrogen and oxygen atoms in total. The molecule has 1 saturated carbocycles. The van der Waals surface area contributed by atoms with E-state index in [1.807, 2.05) is 32.2 Å². The standard InChI is InChI=1S/C29H34F2N4O5/c1-6-25(31)40-14-18-9-17(10-24(38-5)27(18)28(37)34-22-11-21(22)30)20-12-33-35-13-19(7-8-23(20)35)29(2,3)16-39-15-26(36)32-4/h6-10,12-13,21-22,25H,1,11,14-16H2,2-5H3,(H,32,36)(H,34,37)/t21-,22+,25?/m0/s1. The maximum atomic E-state index is 13.9. The van der Waals surface area contributed by atoms with Crippen LogP contribution < -0.4 is 15.4 Å². The second-order valence-electron chi connectivity index (χ2n) is 10.3. The Hall–Kier alpha value is -3.83. The number of amides is 2. The molecule has 0 bridgehead atoms. The summed E-state index contributed by atoms with van der Waals surface area (Å²) in [6.45, 7) is 7.47.